The molecule has 0 N–H and O–H groups in total. The Bertz CT molecular complexity index is 478. The standard InChI is InChI=1S/C15H19NO4/c1-19-12-6-3-7-13(20-2)14(12)15(18)16-8-4-5-11(9-16)10-17/h3,6-7,10-11H,4-5,8-9H2,1-2H3. The Balaban J connectivity index is 2.30. The highest BCUT2D eigenvalue weighted by Crippen LogP contribution is 2.30. The fraction of sp³-hybridized carbons (Fsp3) is 0.467. The van der Waals surface area contributed by atoms with E-state index in [2.05, 4.69) is 0 Å². The smallest absolute Gasteiger partial charge is 0.261 e. The van der Waals surface area contributed by atoms with Gasteiger partial charge in [0.1, 0.15) is 23.3 Å². The third kappa shape index (κ3) is 2.76. The lowest BCUT2D eigenvalue weighted by Gasteiger charge is -2.31. The molecule has 5 heteroatoms. The number of hydrogen-bond donors (Lipinski definition) is 0. The number of likely N-dealkylation sites (tertiary alicyclic amines) is 1. The van der Waals surface area contributed by atoms with Crippen molar-refractivity contribution in [1.29, 1.82) is 0 Å². The number of amides is 1. The van der Waals surface area contributed by atoms with Crippen LogP contribution in [0.2, 0.25) is 0 Å². The predicted octanol–water partition coefficient (Wildman–Crippen LogP) is 1.75. The molecular formula is C15H19NO4. The van der Waals surface area contributed by atoms with E-state index in [4.69, 9.17) is 9.47 Å². The highest BCUT2D eigenvalue weighted by atomic mass is 16.5. The van der Waals surface area contributed by atoms with Crippen molar-refractivity contribution < 1.29 is 19.1 Å². The van der Waals surface area contributed by atoms with Crippen LogP contribution in [0.4, 0.5) is 0 Å². The first-order valence-corrected chi connectivity index (χ1v) is 6.66. The Morgan fingerprint density at radius 2 is 1.95 bits per heavy atom. The summed E-state index contributed by atoms with van der Waals surface area (Å²) in [6, 6.07) is 5.24. The van der Waals surface area contributed by atoms with Gasteiger partial charge in [-0.3, -0.25) is 4.79 Å². The minimum absolute atomic E-state index is 0.0756. The Morgan fingerprint density at radius 1 is 1.30 bits per heavy atom. The molecule has 1 atom stereocenters. The van der Waals surface area contributed by atoms with E-state index in [1.165, 1.54) is 14.2 Å². The number of ether oxygens (including phenoxy) is 2. The molecule has 1 heterocycles. The van der Waals surface area contributed by atoms with Crippen molar-refractivity contribution in [2.24, 2.45) is 5.92 Å². The third-order valence-electron chi connectivity index (χ3n) is 3.58. The molecular weight excluding hydrogens is 258 g/mol. The van der Waals surface area contributed by atoms with E-state index in [9.17, 15) is 9.59 Å². The number of rotatable bonds is 4. The van der Waals surface area contributed by atoms with Gasteiger partial charge >= 0.3 is 0 Å². The highest BCUT2D eigenvalue weighted by Gasteiger charge is 2.28. The summed E-state index contributed by atoms with van der Waals surface area (Å²) in [6.45, 7) is 1.12. The van der Waals surface area contributed by atoms with Gasteiger partial charge in [0.2, 0.25) is 0 Å². The molecule has 2 rings (SSSR count). The molecule has 0 bridgehead atoms. The van der Waals surface area contributed by atoms with Gasteiger partial charge in [0.25, 0.3) is 5.91 Å². The molecule has 0 aliphatic carbocycles. The largest absolute Gasteiger partial charge is 0.496 e. The molecule has 0 saturated carbocycles. The SMILES string of the molecule is COc1cccc(OC)c1C(=O)N1CCCC(C=O)C1. The molecule has 1 fully saturated rings. The second-order valence-electron chi connectivity index (χ2n) is 4.83. The zero-order valence-electron chi connectivity index (χ0n) is 11.8. The summed E-state index contributed by atoms with van der Waals surface area (Å²) in [7, 11) is 3.05. The maximum Gasteiger partial charge on any atom is 0.261 e. The molecule has 1 aliphatic heterocycles. The topological polar surface area (TPSA) is 55.8 Å². The Kier molecular flexibility index (Phi) is 4.61. The maximum atomic E-state index is 12.7. The monoisotopic (exact) mass is 277 g/mol. The third-order valence-corrected chi connectivity index (χ3v) is 3.58. The van der Waals surface area contributed by atoms with E-state index in [0.29, 0.717) is 30.2 Å². The number of hydrogen-bond acceptors (Lipinski definition) is 4. The van der Waals surface area contributed by atoms with Crippen molar-refractivity contribution in [3.8, 4) is 11.5 Å². The van der Waals surface area contributed by atoms with Gasteiger partial charge in [-0.1, -0.05) is 6.07 Å². The van der Waals surface area contributed by atoms with Crippen molar-refractivity contribution in [3.05, 3.63) is 23.8 Å². The summed E-state index contributed by atoms with van der Waals surface area (Å²) < 4.78 is 10.5. The Labute approximate surface area is 118 Å². The number of methoxy groups -OCH3 is 2. The van der Waals surface area contributed by atoms with Crippen molar-refractivity contribution in [2.75, 3.05) is 27.3 Å². The summed E-state index contributed by atoms with van der Waals surface area (Å²) in [5.74, 6) is 0.754. The van der Waals surface area contributed by atoms with Gasteiger partial charge in [-0.15, -0.1) is 0 Å². The molecule has 1 aliphatic rings. The van der Waals surface area contributed by atoms with Crippen LogP contribution >= 0.6 is 0 Å². The van der Waals surface area contributed by atoms with Crippen LogP contribution in [0.5, 0.6) is 11.5 Å². The maximum absolute atomic E-state index is 12.7. The van der Waals surface area contributed by atoms with Gasteiger partial charge in [0, 0.05) is 19.0 Å². The number of piperidine rings is 1. The summed E-state index contributed by atoms with van der Waals surface area (Å²) in [5, 5.41) is 0. The summed E-state index contributed by atoms with van der Waals surface area (Å²) in [6.07, 6.45) is 2.61. The lowest BCUT2D eigenvalue weighted by molar-refractivity contribution is -0.112. The highest BCUT2D eigenvalue weighted by molar-refractivity contribution is 5.99. The van der Waals surface area contributed by atoms with Crippen molar-refractivity contribution in [3.63, 3.8) is 0 Å². The van der Waals surface area contributed by atoms with Crippen LogP contribution in [0.1, 0.15) is 23.2 Å². The van der Waals surface area contributed by atoms with Crippen LogP contribution in [-0.2, 0) is 4.79 Å². The lowest BCUT2D eigenvalue weighted by Crippen LogP contribution is -2.40. The number of benzene rings is 1. The molecule has 1 saturated heterocycles. The zero-order chi connectivity index (χ0) is 14.5. The van der Waals surface area contributed by atoms with Crippen LogP contribution in [0.15, 0.2) is 18.2 Å². The molecule has 108 valence electrons. The molecule has 0 spiro atoms. The minimum Gasteiger partial charge on any atom is -0.496 e. The molecule has 1 amide bonds. The molecule has 0 radical (unpaired) electrons. The first-order chi connectivity index (χ1) is 9.71. The van der Waals surface area contributed by atoms with E-state index in [1.807, 2.05) is 0 Å². The lowest BCUT2D eigenvalue weighted by atomic mass is 9.98. The Hall–Kier alpha value is -2.04. The quantitative estimate of drug-likeness (QED) is 0.787. The number of aldehydes is 1. The van der Waals surface area contributed by atoms with E-state index in [-0.39, 0.29) is 11.8 Å². The van der Waals surface area contributed by atoms with Gasteiger partial charge in [0.05, 0.1) is 14.2 Å². The van der Waals surface area contributed by atoms with Gasteiger partial charge in [-0.2, -0.15) is 0 Å². The van der Waals surface area contributed by atoms with Crippen LogP contribution in [-0.4, -0.2) is 44.4 Å². The van der Waals surface area contributed by atoms with Gasteiger partial charge in [-0.05, 0) is 25.0 Å². The van der Waals surface area contributed by atoms with Gasteiger partial charge in [0.15, 0.2) is 0 Å². The summed E-state index contributed by atoms with van der Waals surface area (Å²) in [5.41, 5.74) is 0.420. The van der Waals surface area contributed by atoms with Crippen LogP contribution < -0.4 is 9.47 Å². The second kappa shape index (κ2) is 6.41. The molecule has 5 nitrogen and oxygen atoms in total. The number of carbonyl (C=O) groups is 2. The molecule has 1 aromatic carbocycles. The van der Waals surface area contributed by atoms with Crippen molar-refractivity contribution >= 4 is 12.2 Å². The molecule has 1 aromatic rings. The second-order valence-corrected chi connectivity index (χ2v) is 4.83. The van der Waals surface area contributed by atoms with Crippen molar-refractivity contribution in [1.82, 2.24) is 4.90 Å². The fourth-order valence-corrected chi connectivity index (χ4v) is 2.53. The van der Waals surface area contributed by atoms with E-state index < -0.39 is 0 Å². The average Bonchev–Trinajstić information content (AvgIpc) is 2.53. The first-order valence-electron chi connectivity index (χ1n) is 6.66. The predicted molar refractivity (Wildman–Crippen MR) is 74.2 cm³/mol. The van der Waals surface area contributed by atoms with E-state index in [1.54, 1.807) is 23.1 Å². The summed E-state index contributed by atoms with van der Waals surface area (Å²) in [4.78, 5) is 25.3. The van der Waals surface area contributed by atoms with Crippen LogP contribution in [0.25, 0.3) is 0 Å². The van der Waals surface area contributed by atoms with Crippen LogP contribution in [0.3, 0.4) is 0 Å². The normalized spacial score (nSPS) is 18.5. The van der Waals surface area contributed by atoms with E-state index >= 15 is 0 Å². The van der Waals surface area contributed by atoms with E-state index in [0.717, 1.165) is 19.1 Å². The fourth-order valence-electron chi connectivity index (χ4n) is 2.53. The average molecular weight is 277 g/mol. The van der Waals surface area contributed by atoms with Crippen LogP contribution in [0, 0.1) is 5.92 Å². The van der Waals surface area contributed by atoms with Gasteiger partial charge in [-0.25, -0.2) is 0 Å². The zero-order valence-corrected chi connectivity index (χ0v) is 11.8. The number of carbonyl (C=O) groups excluding carboxylic acids is 2. The Morgan fingerprint density at radius 3 is 2.50 bits per heavy atom. The first kappa shape index (κ1) is 14.4. The molecule has 20 heavy (non-hydrogen) atoms. The molecule has 0 aromatic heterocycles. The van der Waals surface area contributed by atoms with Crippen molar-refractivity contribution in [2.45, 2.75) is 12.8 Å². The molecule has 1 unspecified atom stereocenters. The van der Waals surface area contributed by atoms with Gasteiger partial charge < -0.3 is 19.2 Å². The summed E-state index contributed by atoms with van der Waals surface area (Å²) >= 11 is 0. The minimum atomic E-state index is -0.147. The number of nitrogens with zero attached hydrogens (tertiary/aromatic N) is 1.